The van der Waals surface area contributed by atoms with E-state index in [0.717, 1.165) is 5.52 Å². The van der Waals surface area contributed by atoms with Crippen LogP contribution >= 0.6 is 0 Å². The molecule has 22 heavy (non-hydrogen) atoms. The maximum absolute atomic E-state index is 13.6. The van der Waals surface area contributed by atoms with Gasteiger partial charge in [0.1, 0.15) is 5.82 Å². The summed E-state index contributed by atoms with van der Waals surface area (Å²) in [4.78, 5) is 24.1. The number of nitrogens with zero attached hydrogens (tertiary/aromatic N) is 2. The van der Waals surface area contributed by atoms with Crippen LogP contribution in [0.4, 0.5) is 10.1 Å². The molecule has 3 rings (SSSR count). The molecule has 0 fully saturated rings. The maximum Gasteiger partial charge on any atom is 0.328 e. The van der Waals surface area contributed by atoms with E-state index in [1.54, 1.807) is 44.4 Å². The van der Waals surface area contributed by atoms with Gasteiger partial charge in [-0.3, -0.25) is 13.9 Å². The Labute approximate surface area is 125 Å². The summed E-state index contributed by atoms with van der Waals surface area (Å²) in [6.07, 6.45) is 0. The summed E-state index contributed by atoms with van der Waals surface area (Å²) in [5.74, 6) is -0.924. The molecular formula is C16H14FN3O2. The smallest absolute Gasteiger partial charge is 0.319 e. The van der Waals surface area contributed by atoms with E-state index in [9.17, 15) is 14.0 Å². The molecule has 0 unspecified atom stereocenters. The number of aromatic nitrogens is 2. The average molecular weight is 299 g/mol. The Hall–Kier alpha value is -2.89. The van der Waals surface area contributed by atoms with Gasteiger partial charge in [0.2, 0.25) is 0 Å². The lowest BCUT2D eigenvalue weighted by molar-refractivity contribution is 0.102. The number of imidazole rings is 1. The predicted octanol–water partition coefficient (Wildman–Crippen LogP) is 2.27. The molecule has 0 aliphatic heterocycles. The van der Waals surface area contributed by atoms with Crippen LogP contribution in [0, 0.1) is 5.82 Å². The summed E-state index contributed by atoms with van der Waals surface area (Å²) >= 11 is 0. The molecule has 0 spiro atoms. The number of halogens is 1. The molecule has 0 saturated heterocycles. The number of hydrogen-bond acceptors (Lipinski definition) is 2. The number of fused-ring (bicyclic) bond motifs is 1. The number of amides is 1. The fraction of sp³-hybridized carbons (Fsp3) is 0.125. The van der Waals surface area contributed by atoms with Gasteiger partial charge < -0.3 is 5.32 Å². The molecule has 0 bridgehead atoms. The Morgan fingerprint density at radius 2 is 1.73 bits per heavy atom. The van der Waals surface area contributed by atoms with Crippen molar-refractivity contribution in [3.8, 4) is 0 Å². The number of benzene rings is 2. The molecule has 1 aromatic heterocycles. The summed E-state index contributed by atoms with van der Waals surface area (Å²) in [5.41, 5.74) is 1.69. The molecule has 5 nitrogen and oxygen atoms in total. The second-order valence-corrected chi connectivity index (χ2v) is 5.04. The second-order valence-electron chi connectivity index (χ2n) is 5.04. The van der Waals surface area contributed by atoms with E-state index in [1.165, 1.54) is 21.3 Å². The van der Waals surface area contributed by atoms with Crippen molar-refractivity contribution in [2.45, 2.75) is 0 Å². The van der Waals surface area contributed by atoms with Crippen molar-refractivity contribution in [2.24, 2.45) is 14.1 Å². The van der Waals surface area contributed by atoms with Crippen LogP contribution in [-0.4, -0.2) is 15.0 Å². The number of anilines is 1. The maximum atomic E-state index is 13.6. The van der Waals surface area contributed by atoms with Crippen LogP contribution in [0.2, 0.25) is 0 Å². The van der Waals surface area contributed by atoms with Gasteiger partial charge in [-0.1, -0.05) is 12.1 Å². The molecule has 0 radical (unpaired) electrons. The van der Waals surface area contributed by atoms with E-state index in [2.05, 4.69) is 5.32 Å². The average Bonchev–Trinajstić information content (AvgIpc) is 2.74. The van der Waals surface area contributed by atoms with E-state index in [4.69, 9.17) is 0 Å². The van der Waals surface area contributed by atoms with Crippen LogP contribution in [-0.2, 0) is 14.1 Å². The van der Waals surface area contributed by atoms with Crippen molar-refractivity contribution in [1.29, 1.82) is 0 Å². The Morgan fingerprint density at radius 3 is 2.45 bits per heavy atom. The molecule has 0 saturated carbocycles. The molecular weight excluding hydrogens is 285 g/mol. The summed E-state index contributed by atoms with van der Waals surface area (Å²) in [7, 11) is 3.31. The predicted molar refractivity (Wildman–Crippen MR) is 82.5 cm³/mol. The van der Waals surface area contributed by atoms with Crippen molar-refractivity contribution >= 4 is 22.6 Å². The van der Waals surface area contributed by atoms with Crippen LogP contribution < -0.4 is 11.0 Å². The van der Waals surface area contributed by atoms with Crippen LogP contribution in [0.1, 0.15) is 10.4 Å². The molecule has 2 aromatic carbocycles. The van der Waals surface area contributed by atoms with E-state index in [0.29, 0.717) is 11.1 Å². The highest BCUT2D eigenvalue weighted by Gasteiger charge is 2.13. The van der Waals surface area contributed by atoms with E-state index >= 15 is 0 Å². The largest absolute Gasteiger partial charge is 0.328 e. The number of hydrogen-bond donors (Lipinski definition) is 1. The van der Waals surface area contributed by atoms with Gasteiger partial charge in [0.25, 0.3) is 5.91 Å². The molecule has 112 valence electrons. The quantitative estimate of drug-likeness (QED) is 0.789. The van der Waals surface area contributed by atoms with E-state index in [1.807, 2.05) is 0 Å². The van der Waals surface area contributed by atoms with Crippen molar-refractivity contribution < 1.29 is 9.18 Å². The summed E-state index contributed by atoms with van der Waals surface area (Å²) in [6, 6.07) is 10.9. The van der Waals surface area contributed by atoms with Gasteiger partial charge in [0, 0.05) is 19.7 Å². The molecule has 3 aromatic rings. The third kappa shape index (κ3) is 2.18. The summed E-state index contributed by atoms with van der Waals surface area (Å²) in [6.45, 7) is 0. The van der Waals surface area contributed by atoms with Crippen molar-refractivity contribution in [2.75, 3.05) is 5.32 Å². The summed E-state index contributed by atoms with van der Waals surface area (Å²) < 4.78 is 16.6. The third-order valence-electron chi connectivity index (χ3n) is 3.66. The van der Waals surface area contributed by atoms with Gasteiger partial charge >= 0.3 is 5.69 Å². The minimum Gasteiger partial charge on any atom is -0.319 e. The molecule has 0 aliphatic carbocycles. The SMILES string of the molecule is Cn1c(=O)n(C)c2cc(C(=O)Nc3ccccc3F)ccc21. The number of nitrogens with one attached hydrogen (secondary N) is 1. The third-order valence-corrected chi connectivity index (χ3v) is 3.66. The normalized spacial score (nSPS) is 10.9. The van der Waals surface area contributed by atoms with Crippen LogP contribution in [0.5, 0.6) is 0 Å². The van der Waals surface area contributed by atoms with E-state index < -0.39 is 11.7 Å². The van der Waals surface area contributed by atoms with Gasteiger partial charge in [-0.2, -0.15) is 0 Å². The van der Waals surface area contributed by atoms with Gasteiger partial charge in [-0.15, -0.1) is 0 Å². The van der Waals surface area contributed by atoms with Gasteiger partial charge in [-0.25, -0.2) is 9.18 Å². The Kier molecular flexibility index (Phi) is 3.29. The highest BCUT2D eigenvalue weighted by Crippen LogP contribution is 2.17. The van der Waals surface area contributed by atoms with Gasteiger partial charge in [0.15, 0.2) is 0 Å². The standard InChI is InChI=1S/C16H14FN3O2/c1-19-13-8-7-10(9-14(13)20(2)16(19)22)15(21)18-12-6-4-3-5-11(12)17/h3-9H,1-2H3,(H,18,21). The number of carbonyl (C=O) groups excluding carboxylic acids is 1. The first-order valence-electron chi connectivity index (χ1n) is 6.70. The highest BCUT2D eigenvalue weighted by molar-refractivity contribution is 6.06. The second kappa shape index (κ2) is 5.14. The van der Waals surface area contributed by atoms with Gasteiger partial charge in [-0.05, 0) is 30.3 Å². The minimum atomic E-state index is -0.496. The minimum absolute atomic E-state index is 0.120. The molecule has 0 aliphatic rings. The fourth-order valence-electron chi connectivity index (χ4n) is 2.41. The summed E-state index contributed by atoms with van der Waals surface area (Å²) in [5, 5.41) is 2.52. The molecule has 1 N–H and O–H groups in total. The van der Waals surface area contributed by atoms with Gasteiger partial charge in [0.05, 0.1) is 16.7 Å². The lowest BCUT2D eigenvalue weighted by atomic mass is 10.1. The first-order valence-corrected chi connectivity index (χ1v) is 6.70. The first kappa shape index (κ1) is 14.1. The number of carbonyl (C=O) groups is 1. The molecule has 1 amide bonds. The van der Waals surface area contributed by atoms with Crippen LogP contribution in [0.25, 0.3) is 11.0 Å². The number of para-hydroxylation sites is 1. The van der Waals surface area contributed by atoms with Crippen molar-refractivity contribution in [1.82, 2.24) is 9.13 Å². The molecule has 6 heteroatoms. The van der Waals surface area contributed by atoms with Crippen molar-refractivity contribution in [3.63, 3.8) is 0 Å². The zero-order chi connectivity index (χ0) is 15.9. The zero-order valence-electron chi connectivity index (χ0n) is 12.1. The van der Waals surface area contributed by atoms with E-state index in [-0.39, 0.29) is 11.4 Å². The van der Waals surface area contributed by atoms with Crippen LogP contribution in [0.15, 0.2) is 47.3 Å². The Balaban J connectivity index is 2.00. The fourth-order valence-corrected chi connectivity index (χ4v) is 2.41. The monoisotopic (exact) mass is 299 g/mol. The number of aryl methyl sites for hydroxylation is 2. The first-order chi connectivity index (χ1) is 10.5. The molecule has 1 heterocycles. The number of rotatable bonds is 2. The lowest BCUT2D eigenvalue weighted by Crippen LogP contribution is -2.19. The molecule has 0 atom stereocenters. The Morgan fingerprint density at radius 1 is 1.05 bits per heavy atom. The zero-order valence-corrected chi connectivity index (χ0v) is 12.1. The van der Waals surface area contributed by atoms with Crippen LogP contribution in [0.3, 0.4) is 0 Å². The highest BCUT2D eigenvalue weighted by atomic mass is 19.1. The Bertz CT molecular complexity index is 940. The lowest BCUT2D eigenvalue weighted by Gasteiger charge is -2.06. The topological polar surface area (TPSA) is 56.0 Å². The van der Waals surface area contributed by atoms with Crippen molar-refractivity contribution in [3.05, 3.63) is 64.3 Å².